The molecule has 3 aromatic rings. The molecule has 4 heteroatoms. The molecule has 4 nitrogen and oxygen atoms in total. The predicted molar refractivity (Wildman–Crippen MR) is 107 cm³/mol. The second kappa shape index (κ2) is 9.40. The molecule has 1 heterocycles. The summed E-state index contributed by atoms with van der Waals surface area (Å²) in [5, 5.41) is 10.5. The highest BCUT2D eigenvalue weighted by molar-refractivity contribution is 5.35. The molecule has 1 N–H and O–H groups in total. The third-order valence-corrected chi connectivity index (χ3v) is 4.44. The Balaban J connectivity index is 1.59. The Labute approximate surface area is 161 Å². The number of nitrogens with zero attached hydrogens (tertiary/aromatic N) is 1. The Morgan fingerprint density at radius 1 is 1.00 bits per heavy atom. The molecule has 0 radical (unpaired) electrons. The molecule has 0 aliphatic carbocycles. The molecule has 0 spiro atoms. The average Bonchev–Trinajstić information content (AvgIpc) is 3.15. The number of aliphatic hydroxyl groups is 1. The molecule has 1 unspecified atom stereocenters. The molecule has 1 atom stereocenters. The maximum Gasteiger partial charge on any atom is 0.122 e. The summed E-state index contributed by atoms with van der Waals surface area (Å²) in [6, 6.07) is 20.1. The van der Waals surface area contributed by atoms with Gasteiger partial charge in [0.25, 0.3) is 0 Å². The molecule has 0 fully saturated rings. The minimum atomic E-state index is -0.593. The van der Waals surface area contributed by atoms with Gasteiger partial charge in [-0.2, -0.15) is 0 Å². The van der Waals surface area contributed by atoms with Crippen LogP contribution in [0.15, 0.2) is 71.3 Å². The van der Waals surface area contributed by atoms with Gasteiger partial charge in [0.05, 0.1) is 12.8 Å². The number of hydrogen-bond acceptors (Lipinski definition) is 4. The molecular weight excluding hydrogens is 338 g/mol. The van der Waals surface area contributed by atoms with E-state index in [1.54, 1.807) is 6.26 Å². The van der Waals surface area contributed by atoms with E-state index in [0.717, 1.165) is 23.6 Å². The summed E-state index contributed by atoms with van der Waals surface area (Å²) in [4.78, 5) is 2.17. The van der Waals surface area contributed by atoms with Crippen LogP contribution in [0.2, 0.25) is 0 Å². The first-order valence-corrected chi connectivity index (χ1v) is 9.27. The van der Waals surface area contributed by atoms with Crippen LogP contribution >= 0.6 is 0 Å². The molecule has 142 valence electrons. The van der Waals surface area contributed by atoms with E-state index in [1.165, 1.54) is 11.1 Å². The van der Waals surface area contributed by atoms with Gasteiger partial charge in [-0.3, -0.25) is 4.90 Å². The zero-order valence-corrected chi connectivity index (χ0v) is 16.0. The van der Waals surface area contributed by atoms with Crippen LogP contribution in [0.1, 0.15) is 22.5 Å². The van der Waals surface area contributed by atoms with Gasteiger partial charge in [-0.1, -0.05) is 48.0 Å². The summed E-state index contributed by atoms with van der Waals surface area (Å²) in [6.07, 6.45) is 1.08. The van der Waals surface area contributed by atoms with E-state index in [9.17, 15) is 5.11 Å². The number of hydrogen-bond donors (Lipinski definition) is 1. The van der Waals surface area contributed by atoms with E-state index in [0.29, 0.717) is 13.1 Å². The van der Waals surface area contributed by atoms with E-state index in [-0.39, 0.29) is 6.61 Å². The first-order valence-electron chi connectivity index (χ1n) is 9.27. The number of aliphatic hydroxyl groups excluding tert-OH is 1. The van der Waals surface area contributed by atoms with Crippen LogP contribution < -0.4 is 4.74 Å². The van der Waals surface area contributed by atoms with Crippen molar-refractivity contribution >= 4 is 0 Å². The summed E-state index contributed by atoms with van der Waals surface area (Å²) in [5.41, 5.74) is 3.48. The monoisotopic (exact) mass is 365 g/mol. The normalized spacial score (nSPS) is 12.3. The maximum absolute atomic E-state index is 10.5. The van der Waals surface area contributed by atoms with Crippen LogP contribution in [0.4, 0.5) is 0 Å². The topological polar surface area (TPSA) is 45.8 Å². The van der Waals surface area contributed by atoms with Crippen LogP contribution in [0, 0.1) is 13.8 Å². The summed E-state index contributed by atoms with van der Waals surface area (Å²) < 4.78 is 11.3. The van der Waals surface area contributed by atoms with E-state index >= 15 is 0 Å². The third-order valence-electron chi connectivity index (χ3n) is 4.44. The fourth-order valence-corrected chi connectivity index (χ4v) is 3.15. The van der Waals surface area contributed by atoms with Gasteiger partial charge in [-0.15, -0.1) is 0 Å². The number of benzene rings is 2. The van der Waals surface area contributed by atoms with E-state index in [1.807, 2.05) is 49.4 Å². The molecule has 3 rings (SSSR count). The summed E-state index contributed by atoms with van der Waals surface area (Å²) >= 11 is 0. The lowest BCUT2D eigenvalue weighted by atomic mass is 10.1. The smallest absolute Gasteiger partial charge is 0.122 e. The van der Waals surface area contributed by atoms with Crippen molar-refractivity contribution in [3.05, 3.63) is 89.4 Å². The molecule has 0 saturated carbocycles. The van der Waals surface area contributed by atoms with E-state index in [2.05, 4.69) is 30.0 Å². The summed E-state index contributed by atoms with van der Waals surface area (Å²) in [5.74, 6) is 1.70. The molecule has 0 aliphatic rings. The Hall–Kier alpha value is -2.56. The molecule has 1 aromatic heterocycles. The number of ether oxygens (including phenoxy) is 1. The third kappa shape index (κ3) is 5.98. The Kier molecular flexibility index (Phi) is 6.69. The highest BCUT2D eigenvalue weighted by Gasteiger charge is 2.15. The zero-order valence-electron chi connectivity index (χ0n) is 16.0. The van der Waals surface area contributed by atoms with Crippen molar-refractivity contribution in [2.45, 2.75) is 33.0 Å². The van der Waals surface area contributed by atoms with Gasteiger partial charge in [0.1, 0.15) is 24.2 Å². The molecule has 27 heavy (non-hydrogen) atoms. The molecule has 0 saturated heterocycles. The summed E-state index contributed by atoms with van der Waals surface area (Å²) in [7, 11) is 0. The second-order valence-electron chi connectivity index (χ2n) is 6.97. The van der Waals surface area contributed by atoms with Crippen molar-refractivity contribution in [3.63, 3.8) is 0 Å². The van der Waals surface area contributed by atoms with Gasteiger partial charge in [-0.05, 0) is 43.2 Å². The van der Waals surface area contributed by atoms with Crippen molar-refractivity contribution in [1.29, 1.82) is 0 Å². The number of furan rings is 1. The van der Waals surface area contributed by atoms with Gasteiger partial charge in [0.2, 0.25) is 0 Å². The lowest BCUT2D eigenvalue weighted by Crippen LogP contribution is -2.35. The van der Waals surface area contributed by atoms with Crippen molar-refractivity contribution in [2.24, 2.45) is 0 Å². The minimum absolute atomic E-state index is 0.257. The van der Waals surface area contributed by atoms with Gasteiger partial charge < -0.3 is 14.3 Å². The first kappa shape index (κ1) is 19.2. The van der Waals surface area contributed by atoms with Crippen LogP contribution in [0.25, 0.3) is 0 Å². The quantitative estimate of drug-likeness (QED) is 0.613. The molecule has 0 amide bonds. The van der Waals surface area contributed by atoms with Gasteiger partial charge in [0, 0.05) is 13.1 Å². The molecule has 0 bridgehead atoms. The predicted octanol–water partition coefficient (Wildman–Crippen LogP) is 4.34. The fraction of sp³-hybridized carbons (Fsp3) is 0.304. The zero-order chi connectivity index (χ0) is 19.1. The van der Waals surface area contributed by atoms with E-state index in [4.69, 9.17) is 9.15 Å². The van der Waals surface area contributed by atoms with Crippen LogP contribution in [0.3, 0.4) is 0 Å². The van der Waals surface area contributed by atoms with Crippen LogP contribution in [0.5, 0.6) is 5.75 Å². The highest BCUT2D eigenvalue weighted by atomic mass is 16.5. The molecular formula is C23H27NO3. The van der Waals surface area contributed by atoms with Gasteiger partial charge >= 0.3 is 0 Å². The van der Waals surface area contributed by atoms with Gasteiger partial charge in [-0.25, -0.2) is 0 Å². The van der Waals surface area contributed by atoms with Crippen LogP contribution in [-0.2, 0) is 13.1 Å². The Morgan fingerprint density at radius 2 is 1.81 bits per heavy atom. The van der Waals surface area contributed by atoms with Crippen molar-refractivity contribution in [2.75, 3.05) is 13.2 Å². The maximum atomic E-state index is 10.5. The average molecular weight is 365 g/mol. The lowest BCUT2D eigenvalue weighted by Gasteiger charge is -2.24. The van der Waals surface area contributed by atoms with Crippen LogP contribution in [-0.4, -0.2) is 29.3 Å². The molecule has 0 aliphatic heterocycles. The van der Waals surface area contributed by atoms with Crippen molar-refractivity contribution in [3.8, 4) is 5.75 Å². The SMILES string of the molecule is Cc1ccc(OCC(O)CN(Cc2ccccc2)Cc2ccco2)c(C)c1. The van der Waals surface area contributed by atoms with Crippen molar-refractivity contribution in [1.82, 2.24) is 4.90 Å². The first-order chi connectivity index (χ1) is 13.1. The van der Waals surface area contributed by atoms with E-state index < -0.39 is 6.10 Å². The highest BCUT2D eigenvalue weighted by Crippen LogP contribution is 2.19. The minimum Gasteiger partial charge on any atom is -0.491 e. The Morgan fingerprint density at radius 3 is 2.52 bits per heavy atom. The lowest BCUT2D eigenvalue weighted by molar-refractivity contribution is 0.0602. The Bertz CT molecular complexity index is 815. The fourth-order valence-electron chi connectivity index (χ4n) is 3.15. The van der Waals surface area contributed by atoms with Crippen molar-refractivity contribution < 1.29 is 14.3 Å². The second-order valence-corrected chi connectivity index (χ2v) is 6.97. The largest absolute Gasteiger partial charge is 0.491 e. The number of aryl methyl sites for hydroxylation is 2. The van der Waals surface area contributed by atoms with Gasteiger partial charge in [0.15, 0.2) is 0 Å². The summed E-state index contributed by atoms with van der Waals surface area (Å²) in [6.45, 7) is 6.22. The molecule has 2 aromatic carbocycles. The standard InChI is InChI=1S/C23H27NO3/c1-18-10-11-23(19(2)13-18)27-17-21(25)15-24(16-22-9-6-12-26-22)14-20-7-4-3-5-8-20/h3-13,21,25H,14-17H2,1-2H3. The number of rotatable bonds is 9.